The number of carbonyl (C=O) groups excluding carboxylic acids is 1. The van der Waals surface area contributed by atoms with Crippen LogP contribution in [-0.2, 0) is 10.9 Å². The molecule has 34 heavy (non-hydrogen) atoms. The van der Waals surface area contributed by atoms with Gasteiger partial charge in [-0.1, -0.05) is 12.1 Å². The topological polar surface area (TPSA) is 80.7 Å². The van der Waals surface area contributed by atoms with E-state index < -0.39 is 11.7 Å². The Morgan fingerprint density at radius 2 is 1.88 bits per heavy atom. The summed E-state index contributed by atoms with van der Waals surface area (Å²) in [5.74, 6) is 0.281. The summed E-state index contributed by atoms with van der Waals surface area (Å²) < 4.78 is 49.5. The Morgan fingerprint density at radius 3 is 2.50 bits per heavy atom. The van der Waals surface area contributed by atoms with Crippen LogP contribution in [0.2, 0.25) is 0 Å². The van der Waals surface area contributed by atoms with Crippen molar-refractivity contribution in [2.75, 3.05) is 26.9 Å². The first-order valence-electron chi connectivity index (χ1n) is 11.0. The third-order valence-electron chi connectivity index (χ3n) is 6.11. The minimum absolute atomic E-state index is 0.132. The van der Waals surface area contributed by atoms with Crippen LogP contribution >= 0.6 is 0 Å². The van der Waals surface area contributed by atoms with Crippen LogP contribution in [0.4, 0.5) is 13.2 Å². The van der Waals surface area contributed by atoms with Gasteiger partial charge in [0.1, 0.15) is 5.75 Å². The minimum Gasteiger partial charge on any atom is -0.496 e. The molecule has 3 aromatic rings. The molecule has 0 saturated carbocycles. The summed E-state index contributed by atoms with van der Waals surface area (Å²) in [5, 5.41) is 13.4. The van der Waals surface area contributed by atoms with Crippen molar-refractivity contribution >= 4 is 16.8 Å². The van der Waals surface area contributed by atoms with Crippen molar-refractivity contribution in [2.24, 2.45) is 5.92 Å². The number of alkyl halides is 3. The third kappa shape index (κ3) is 5.15. The standard InChI is InChI=1S/C25H25F3N2O4/c1-33-23-13-20(15-2-5-18(6-3-15)25(26,27)28)29-21-12-17(4-7-19(21)23)24(32)30-22(14-31)16-8-10-34-11-9-16/h2-7,12-13,16,22,31H,8-11,14H2,1H3,(H,30,32)/t22-/m0/s1. The lowest BCUT2D eigenvalue weighted by atomic mass is 9.92. The molecule has 180 valence electrons. The van der Waals surface area contributed by atoms with Gasteiger partial charge in [-0.3, -0.25) is 4.79 Å². The number of methoxy groups -OCH3 is 1. The number of hydrogen-bond acceptors (Lipinski definition) is 5. The quantitative estimate of drug-likeness (QED) is 0.552. The number of amides is 1. The molecule has 1 atom stereocenters. The molecule has 4 rings (SSSR count). The fourth-order valence-electron chi connectivity index (χ4n) is 4.17. The zero-order valence-electron chi connectivity index (χ0n) is 18.6. The zero-order valence-corrected chi connectivity index (χ0v) is 18.6. The number of aliphatic hydroxyl groups excluding tert-OH is 1. The second-order valence-electron chi connectivity index (χ2n) is 8.23. The first-order valence-corrected chi connectivity index (χ1v) is 11.0. The number of ether oxygens (including phenoxy) is 2. The normalized spacial score (nSPS) is 15.8. The molecular formula is C25H25F3N2O4. The van der Waals surface area contributed by atoms with E-state index in [4.69, 9.17) is 9.47 Å². The molecule has 0 unspecified atom stereocenters. The average Bonchev–Trinajstić information content (AvgIpc) is 2.86. The maximum atomic E-state index is 12.9. The molecule has 1 saturated heterocycles. The molecule has 6 nitrogen and oxygen atoms in total. The number of aromatic nitrogens is 1. The molecule has 1 amide bonds. The number of aliphatic hydroxyl groups is 1. The van der Waals surface area contributed by atoms with E-state index in [0.717, 1.165) is 25.0 Å². The fourth-order valence-corrected chi connectivity index (χ4v) is 4.17. The number of benzene rings is 2. The maximum absolute atomic E-state index is 12.9. The number of nitrogens with zero attached hydrogens (tertiary/aromatic N) is 1. The van der Waals surface area contributed by atoms with Crippen molar-refractivity contribution in [1.29, 1.82) is 0 Å². The molecule has 1 aliphatic heterocycles. The Labute approximate surface area is 194 Å². The predicted molar refractivity (Wildman–Crippen MR) is 121 cm³/mol. The molecule has 2 heterocycles. The van der Waals surface area contributed by atoms with Crippen molar-refractivity contribution in [1.82, 2.24) is 10.3 Å². The Balaban J connectivity index is 1.63. The van der Waals surface area contributed by atoms with Gasteiger partial charge in [-0.05, 0) is 49.1 Å². The Kier molecular flexibility index (Phi) is 7.04. The molecule has 1 aliphatic rings. The van der Waals surface area contributed by atoms with Gasteiger partial charge in [-0.25, -0.2) is 4.98 Å². The van der Waals surface area contributed by atoms with Crippen LogP contribution in [0.25, 0.3) is 22.2 Å². The average molecular weight is 474 g/mol. The van der Waals surface area contributed by atoms with Gasteiger partial charge < -0.3 is 19.9 Å². The number of hydrogen-bond donors (Lipinski definition) is 2. The molecule has 2 aromatic carbocycles. The van der Waals surface area contributed by atoms with Gasteiger partial charge in [0, 0.05) is 35.8 Å². The number of halogens is 3. The monoisotopic (exact) mass is 474 g/mol. The first kappa shape index (κ1) is 24.0. The lowest BCUT2D eigenvalue weighted by molar-refractivity contribution is -0.137. The SMILES string of the molecule is COc1cc(-c2ccc(C(F)(F)F)cc2)nc2cc(C(=O)N[C@@H](CO)C3CCOCC3)ccc12. The summed E-state index contributed by atoms with van der Waals surface area (Å²) in [7, 11) is 1.49. The summed E-state index contributed by atoms with van der Waals surface area (Å²) in [6.07, 6.45) is -2.90. The molecule has 0 radical (unpaired) electrons. The summed E-state index contributed by atoms with van der Waals surface area (Å²) in [4.78, 5) is 17.5. The highest BCUT2D eigenvalue weighted by molar-refractivity contribution is 5.99. The number of fused-ring (bicyclic) bond motifs is 1. The number of carbonyl (C=O) groups is 1. The number of pyridine rings is 1. The second kappa shape index (κ2) is 9.99. The van der Waals surface area contributed by atoms with Crippen molar-refractivity contribution < 1.29 is 32.5 Å². The molecule has 2 N–H and O–H groups in total. The highest BCUT2D eigenvalue weighted by Gasteiger charge is 2.30. The fraction of sp³-hybridized carbons (Fsp3) is 0.360. The van der Waals surface area contributed by atoms with Crippen LogP contribution in [0, 0.1) is 5.92 Å². The lowest BCUT2D eigenvalue weighted by Crippen LogP contribution is -2.44. The van der Waals surface area contributed by atoms with E-state index in [1.807, 2.05) is 0 Å². The molecule has 1 fully saturated rings. The smallest absolute Gasteiger partial charge is 0.416 e. The van der Waals surface area contributed by atoms with E-state index in [1.165, 1.54) is 19.2 Å². The largest absolute Gasteiger partial charge is 0.496 e. The molecular weight excluding hydrogens is 449 g/mol. The van der Waals surface area contributed by atoms with E-state index in [-0.39, 0.29) is 24.5 Å². The van der Waals surface area contributed by atoms with Gasteiger partial charge in [0.05, 0.1) is 36.5 Å². The van der Waals surface area contributed by atoms with E-state index in [0.29, 0.717) is 46.7 Å². The Bertz CT molecular complexity index is 1160. The molecule has 0 spiro atoms. The van der Waals surface area contributed by atoms with Crippen LogP contribution in [0.1, 0.15) is 28.8 Å². The zero-order chi connectivity index (χ0) is 24.3. The van der Waals surface area contributed by atoms with E-state index in [2.05, 4.69) is 10.3 Å². The predicted octanol–water partition coefficient (Wildman–Crippen LogP) is 4.45. The highest BCUT2D eigenvalue weighted by atomic mass is 19.4. The minimum atomic E-state index is -4.42. The first-order chi connectivity index (χ1) is 16.3. The highest BCUT2D eigenvalue weighted by Crippen LogP contribution is 2.33. The summed E-state index contributed by atoms with van der Waals surface area (Å²) in [5.41, 5.74) is 0.991. The van der Waals surface area contributed by atoms with E-state index in [9.17, 15) is 23.1 Å². The Morgan fingerprint density at radius 1 is 1.18 bits per heavy atom. The van der Waals surface area contributed by atoms with Crippen LogP contribution < -0.4 is 10.1 Å². The van der Waals surface area contributed by atoms with Gasteiger partial charge in [-0.15, -0.1) is 0 Å². The van der Waals surface area contributed by atoms with Crippen LogP contribution in [0.15, 0.2) is 48.5 Å². The van der Waals surface area contributed by atoms with Gasteiger partial charge in [-0.2, -0.15) is 13.2 Å². The molecule has 9 heteroatoms. The summed E-state index contributed by atoms with van der Waals surface area (Å²) >= 11 is 0. The van der Waals surface area contributed by atoms with Crippen LogP contribution in [-0.4, -0.2) is 49.0 Å². The second-order valence-corrected chi connectivity index (χ2v) is 8.23. The third-order valence-corrected chi connectivity index (χ3v) is 6.11. The van der Waals surface area contributed by atoms with Crippen molar-refractivity contribution in [2.45, 2.75) is 25.1 Å². The molecule has 0 bridgehead atoms. The van der Waals surface area contributed by atoms with Gasteiger partial charge >= 0.3 is 6.18 Å². The van der Waals surface area contributed by atoms with E-state index in [1.54, 1.807) is 24.3 Å². The van der Waals surface area contributed by atoms with Crippen LogP contribution in [0.3, 0.4) is 0 Å². The summed E-state index contributed by atoms with van der Waals surface area (Å²) in [6.45, 7) is 1.03. The number of nitrogens with one attached hydrogen (secondary N) is 1. The van der Waals surface area contributed by atoms with Gasteiger partial charge in [0.15, 0.2) is 0 Å². The van der Waals surface area contributed by atoms with Gasteiger partial charge in [0.25, 0.3) is 5.91 Å². The maximum Gasteiger partial charge on any atom is 0.416 e. The van der Waals surface area contributed by atoms with Crippen LogP contribution in [0.5, 0.6) is 5.75 Å². The summed E-state index contributed by atoms with van der Waals surface area (Å²) in [6, 6.07) is 11.0. The van der Waals surface area contributed by atoms with E-state index >= 15 is 0 Å². The van der Waals surface area contributed by atoms with Crippen molar-refractivity contribution in [3.8, 4) is 17.0 Å². The lowest BCUT2D eigenvalue weighted by Gasteiger charge is -2.29. The number of rotatable bonds is 6. The van der Waals surface area contributed by atoms with Crippen molar-refractivity contribution in [3.63, 3.8) is 0 Å². The van der Waals surface area contributed by atoms with Crippen molar-refractivity contribution in [3.05, 3.63) is 59.7 Å². The van der Waals surface area contributed by atoms with Gasteiger partial charge in [0.2, 0.25) is 0 Å². The molecule has 0 aliphatic carbocycles. The molecule has 1 aromatic heterocycles. The Hall–Kier alpha value is -3.17.